The van der Waals surface area contributed by atoms with Crippen LogP contribution in [0.4, 0.5) is 4.79 Å². The average molecular weight is 458 g/mol. The number of rotatable bonds is 6. The minimum atomic E-state index is -0.0680. The van der Waals surface area contributed by atoms with E-state index < -0.39 is 0 Å². The molecular weight excluding hydrogens is 422 g/mol. The number of nitrogens with zero attached hydrogens (tertiary/aromatic N) is 4. The third-order valence-corrected chi connectivity index (χ3v) is 7.14. The zero-order valence-corrected chi connectivity index (χ0v) is 20.1. The third kappa shape index (κ3) is 4.87. The van der Waals surface area contributed by atoms with Gasteiger partial charge in [-0.25, -0.2) is 4.79 Å². The van der Waals surface area contributed by atoms with E-state index in [0.717, 1.165) is 51.9 Å². The van der Waals surface area contributed by atoms with Crippen LogP contribution in [0.5, 0.6) is 0 Å². The van der Waals surface area contributed by atoms with Gasteiger partial charge in [-0.15, -0.1) is 0 Å². The normalized spacial score (nSPS) is 19.9. The first-order chi connectivity index (χ1) is 16.7. The Bertz CT molecular complexity index is 1090. The number of amides is 2. The maximum atomic E-state index is 13.5. The molecule has 1 aromatic heterocycles. The van der Waals surface area contributed by atoms with Crippen molar-refractivity contribution in [1.82, 2.24) is 24.9 Å². The van der Waals surface area contributed by atoms with E-state index in [-0.39, 0.29) is 18.1 Å². The Balaban J connectivity index is 1.37. The minimum absolute atomic E-state index is 0.0580. The molecule has 2 aromatic carbocycles. The molecule has 1 N–H and O–H groups in total. The van der Waals surface area contributed by atoms with E-state index in [1.54, 1.807) is 0 Å². The summed E-state index contributed by atoms with van der Waals surface area (Å²) in [4.78, 5) is 18.1. The predicted molar refractivity (Wildman–Crippen MR) is 134 cm³/mol. The molecule has 5 rings (SSSR count). The van der Waals surface area contributed by atoms with E-state index in [9.17, 15) is 4.79 Å². The molecular formula is C28H35N5O. The highest BCUT2D eigenvalue weighted by molar-refractivity contribution is 5.76. The summed E-state index contributed by atoms with van der Waals surface area (Å²) in [6.45, 7) is 6.71. The SMILES string of the molecule is CCCn1cc(CN2CCC(N3C(=O)NCCc4ccccc4C3c3ccccc3)CC2)cn1. The largest absolute Gasteiger partial charge is 0.338 e. The molecule has 2 aliphatic heterocycles. The van der Waals surface area contributed by atoms with Gasteiger partial charge in [-0.05, 0) is 42.4 Å². The van der Waals surface area contributed by atoms with E-state index in [1.165, 1.54) is 22.3 Å². The van der Waals surface area contributed by atoms with Gasteiger partial charge >= 0.3 is 6.03 Å². The van der Waals surface area contributed by atoms with Crippen LogP contribution in [-0.4, -0.2) is 51.3 Å². The van der Waals surface area contributed by atoms with Crippen molar-refractivity contribution >= 4 is 6.03 Å². The van der Waals surface area contributed by atoms with Crippen LogP contribution < -0.4 is 5.32 Å². The number of aromatic nitrogens is 2. The second kappa shape index (κ2) is 10.4. The molecule has 1 saturated heterocycles. The first-order valence-corrected chi connectivity index (χ1v) is 12.7. The van der Waals surface area contributed by atoms with Crippen LogP contribution in [0.15, 0.2) is 67.0 Å². The maximum Gasteiger partial charge on any atom is 0.318 e. The van der Waals surface area contributed by atoms with E-state index >= 15 is 0 Å². The molecule has 1 unspecified atom stereocenters. The van der Waals surface area contributed by atoms with Crippen LogP contribution in [0.1, 0.15) is 54.5 Å². The van der Waals surface area contributed by atoms with Crippen molar-refractivity contribution in [1.29, 1.82) is 0 Å². The van der Waals surface area contributed by atoms with Gasteiger partial charge in [0.15, 0.2) is 0 Å². The number of carbonyl (C=O) groups is 1. The summed E-state index contributed by atoms with van der Waals surface area (Å²) >= 11 is 0. The summed E-state index contributed by atoms with van der Waals surface area (Å²) in [6, 6.07) is 19.3. The molecule has 2 aliphatic rings. The first-order valence-electron chi connectivity index (χ1n) is 12.7. The fraction of sp³-hybridized carbons (Fsp3) is 0.429. The number of hydrogen-bond acceptors (Lipinski definition) is 3. The van der Waals surface area contributed by atoms with Crippen LogP contribution in [0.25, 0.3) is 0 Å². The highest BCUT2D eigenvalue weighted by Crippen LogP contribution is 2.36. The smallest absolute Gasteiger partial charge is 0.318 e. The number of piperidine rings is 1. The lowest BCUT2D eigenvalue weighted by molar-refractivity contribution is 0.0998. The van der Waals surface area contributed by atoms with E-state index in [4.69, 9.17) is 0 Å². The summed E-state index contributed by atoms with van der Waals surface area (Å²) < 4.78 is 2.04. The summed E-state index contributed by atoms with van der Waals surface area (Å²) in [5.74, 6) is 0. The lowest BCUT2D eigenvalue weighted by Gasteiger charge is -2.44. The number of nitrogens with one attached hydrogen (secondary N) is 1. The molecule has 0 radical (unpaired) electrons. The highest BCUT2D eigenvalue weighted by Gasteiger charge is 2.36. The lowest BCUT2D eigenvalue weighted by Crippen LogP contribution is -2.53. The molecule has 3 aromatic rings. The zero-order chi connectivity index (χ0) is 23.3. The third-order valence-electron chi connectivity index (χ3n) is 7.14. The summed E-state index contributed by atoms with van der Waals surface area (Å²) in [5, 5.41) is 7.68. The van der Waals surface area contributed by atoms with Crippen LogP contribution in [0.3, 0.4) is 0 Å². The fourth-order valence-electron chi connectivity index (χ4n) is 5.50. The Morgan fingerprint density at radius 1 is 1.03 bits per heavy atom. The van der Waals surface area contributed by atoms with Gasteiger partial charge in [-0.3, -0.25) is 9.58 Å². The van der Waals surface area contributed by atoms with Gasteiger partial charge in [0.05, 0.1) is 12.2 Å². The summed E-state index contributed by atoms with van der Waals surface area (Å²) in [6.07, 6.45) is 8.07. The molecule has 0 aliphatic carbocycles. The van der Waals surface area contributed by atoms with E-state index in [1.807, 2.05) is 16.9 Å². The van der Waals surface area contributed by atoms with Gasteiger partial charge in [-0.1, -0.05) is 61.5 Å². The van der Waals surface area contributed by atoms with Gasteiger partial charge in [0, 0.05) is 50.5 Å². The lowest BCUT2D eigenvalue weighted by atomic mass is 9.89. The summed E-state index contributed by atoms with van der Waals surface area (Å²) in [7, 11) is 0. The number of hydrogen-bond donors (Lipinski definition) is 1. The van der Waals surface area contributed by atoms with Gasteiger partial charge in [0.25, 0.3) is 0 Å². The standard InChI is InChI=1S/C28H35N5O/c1-2-16-32-21-22(19-30-32)20-31-17-13-25(14-18-31)33-27(24-9-4-3-5-10-24)26-11-7-6-8-23(26)12-15-29-28(33)34/h3-11,19,21,25,27H,2,12-18,20H2,1H3,(H,29,34). The van der Waals surface area contributed by atoms with Crippen LogP contribution >= 0.6 is 0 Å². The van der Waals surface area contributed by atoms with Crippen molar-refractivity contribution in [2.45, 2.75) is 57.8 Å². The van der Waals surface area contributed by atoms with Crippen molar-refractivity contribution < 1.29 is 4.79 Å². The number of fused-ring (bicyclic) bond motifs is 1. The van der Waals surface area contributed by atoms with Gasteiger partial charge in [-0.2, -0.15) is 5.10 Å². The van der Waals surface area contributed by atoms with E-state index in [2.05, 4.69) is 81.9 Å². The molecule has 0 bridgehead atoms. The number of benzene rings is 2. The maximum absolute atomic E-state index is 13.5. The highest BCUT2D eigenvalue weighted by atomic mass is 16.2. The molecule has 0 spiro atoms. The number of aryl methyl sites for hydroxylation is 1. The van der Waals surface area contributed by atoms with Crippen LogP contribution in [-0.2, 0) is 19.5 Å². The number of carbonyl (C=O) groups excluding carboxylic acids is 1. The average Bonchev–Trinajstić information content (AvgIpc) is 3.30. The zero-order valence-electron chi connectivity index (χ0n) is 20.1. The van der Waals surface area contributed by atoms with Crippen molar-refractivity contribution in [2.75, 3.05) is 19.6 Å². The van der Waals surface area contributed by atoms with Crippen molar-refractivity contribution in [3.8, 4) is 0 Å². The quantitative estimate of drug-likeness (QED) is 0.588. The van der Waals surface area contributed by atoms with E-state index in [0.29, 0.717) is 6.54 Å². The van der Waals surface area contributed by atoms with Gasteiger partial charge < -0.3 is 10.2 Å². The Labute approximate surface area is 202 Å². The molecule has 178 valence electrons. The summed E-state index contributed by atoms with van der Waals surface area (Å²) in [5.41, 5.74) is 5.03. The molecule has 0 saturated carbocycles. The monoisotopic (exact) mass is 457 g/mol. The van der Waals surface area contributed by atoms with Crippen molar-refractivity contribution in [3.63, 3.8) is 0 Å². The molecule has 6 nitrogen and oxygen atoms in total. The second-order valence-electron chi connectivity index (χ2n) is 9.52. The van der Waals surface area contributed by atoms with Crippen molar-refractivity contribution in [2.24, 2.45) is 0 Å². The Morgan fingerprint density at radius 3 is 2.59 bits per heavy atom. The molecule has 1 atom stereocenters. The predicted octanol–water partition coefficient (Wildman–Crippen LogP) is 4.61. The van der Waals surface area contributed by atoms with Crippen LogP contribution in [0.2, 0.25) is 0 Å². The molecule has 1 fully saturated rings. The minimum Gasteiger partial charge on any atom is -0.338 e. The molecule has 3 heterocycles. The number of likely N-dealkylation sites (tertiary alicyclic amines) is 1. The topological polar surface area (TPSA) is 53.4 Å². The molecule has 2 amide bonds. The molecule has 34 heavy (non-hydrogen) atoms. The van der Waals surface area contributed by atoms with Crippen LogP contribution in [0, 0.1) is 0 Å². The number of urea groups is 1. The fourth-order valence-corrected chi connectivity index (χ4v) is 5.50. The Kier molecular flexibility index (Phi) is 6.95. The van der Waals surface area contributed by atoms with Gasteiger partial charge in [0.1, 0.15) is 0 Å². The Morgan fingerprint density at radius 2 is 1.79 bits per heavy atom. The van der Waals surface area contributed by atoms with Gasteiger partial charge in [0.2, 0.25) is 0 Å². The second-order valence-corrected chi connectivity index (χ2v) is 9.52. The molecule has 6 heteroatoms. The first kappa shape index (κ1) is 22.7. The van der Waals surface area contributed by atoms with Crippen molar-refractivity contribution in [3.05, 3.63) is 89.2 Å². The Hall–Kier alpha value is -3.12.